The maximum absolute atomic E-state index is 11.3. The van der Waals surface area contributed by atoms with Crippen molar-refractivity contribution >= 4 is 29.1 Å². The zero-order valence-electron chi connectivity index (χ0n) is 7.50. The van der Waals surface area contributed by atoms with Gasteiger partial charge in [-0.25, -0.2) is 9.78 Å². The van der Waals surface area contributed by atoms with Crippen LogP contribution >= 0.6 is 11.3 Å². The Morgan fingerprint density at radius 2 is 2.07 bits per heavy atom. The van der Waals surface area contributed by atoms with Gasteiger partial charge in [0.15, 0.2) is 0 Å². The van der Waals surface area contributed by atoms with Gasteiger partial charge < -0.3 is 4.84 Å². The Labute approximate surface area is 88.4 Å². The Balaban J connectivity index is 2.06. The van der Waals surface area contributed by atoms with Crippen molar-refractivity contribution in [2.45, 2.75) is 12.8 Å². The van der Waals surface area contributed by atoms with Gasteiger partial charge in [-0.1, -0.05) is 0 Å². The van der Waals surface area contributed by atoms with Gasteiger partial charge in [-0.2, -0.15) is 0 Å². The van der Waals surface area contributed by atoms with Crippen molar-refractivity contribution in [1.82, 2.24) is 10.0 Å². The van der Waals surface area contributed by atoms with Crippen LogP contribution in [0.1, 0.15) is 22.6 Å². The van der Waals surface area contributed by atoms with Gasteiger partial charge in [0.25, 0.3) is 11.8 Å². The summed E-state index contributed by atoms with van der Waals surface area (Å²) in [6, 6.07) is 0. The summed E-state index contributed by atoms with van der Waals surface area (Å²) in [6.07, 6.45) is 1.61. The molecule has 0 unspecified atom stereocenters. The van der Waals surface area contributed by atoms with Crippen LogP contribution in [0.15, 0.2) is 11.6 Å². The first-order valence-corrected chi connectivity index (χ1v) is 5.04. The first-order valence-electron chi connectivity index (χ1n) is 4.16. The lowest BCUT2D eigenvalue weighted by Crippen LogP contribution is -2.32. The van der Waals surface area contributed by atoms with Crippen molar-refractivity contribution in [2.75, 3.05) is 0 Å². The molecule has 0 N–H and O–H groups in total. The molecule has 0 atom stereocenters. The van der Waals surface area contributed by atoms with Gasteiger partial charge in [0.1, 0.15) is 0 Å². The molecule has 15 heavy (non-hydrogen) atoms. The van der Waals surface area contributed by atoms with Gasteiger partial charge in [0.05, 0.1) is 0 Å². The Morgan fingerprint density at radius 3 is 2.60 bits per heavy atom. The molecule has 2 amide bonds. The molecule has 7 heteroatoms. The van der Waals surface area contributed by atoms with Crippen LogP contribution in [0.2, 0.25) is 0 Å². The number of hydrogen-bond donors (Lipinski definition) is 0. The van der Waals surface area contributed by atoms with Crippen LogP contribution in [0.25, 0.3) is 0 Å². The van der Waals surface area contributed by atoms with Gasteiger partial charge in [-0.15, -0.1) is 16.4 Å². The van der Waals surface area contributed by atoms with E-state index in [1.807, 2.05) is 0 Å². The quantitative estimate of drug-likeness (QED) is 0.680. The van der Waals surface area contributed by atoms with Crippen molar-refractivity contribution in [3.8, 4) is 0 Å². The van der Waals surface area contributed by atoms with E-state index in [-0.39, 0.29) is 17.8 Å². The summed E-state index contributed by atoms with van der Waals surface area (Å²) in [4.78, 5) is 41.9. The van der Waals surface area contributed by atoms with Crippen LogP contribution in [0.5, 0.6) is 0 Å². The smallest absolute Gasteiger partial charge is 0.322 e. The van der Waals surface area contributed by atoms with E-state index in [1.165, 1.54) is 6.20 Å². The standard InChI is InChI=1S/C8H6N2O4S/c11-5-1-2-6(12)10(5)14-8(13)7-9-3-4-15-7/h3-4H,1-2H2. The number of amides is 2. The second-order valence-corrected chi connectivity index (χ2v) is 3.69. The highest BCUT2D eigenvalue weighted by molar-refractivity contribution is 7.11. The van der Waals surface area contributed by atoms with E-state index in [0.29, 0.717) is 5.06 Å². The molecule has 1 fully saturated rings. The zero-order valence-corrected chi connectivity index (χ0v) is 8.32. The molecule has 0 radical (unpaired) electrons. The number of rotatable bonds is 2. The molecule has 0 spiro atoms. The summed E-state index contributed by atoms with van der Waals surface area (Å²) in [5.74, 6) is -1.77. The Bertz CT molecular complexity index is 398. The lowest BCUT2D eigenvalue weighted by Gasteiger charge is -2.10. The minimum atomic E-state index is -0.784. The fourth-order valence-corrected chi connectivity index (χ4v) is 1.61. The molecule has 1 aromatic rings. The molecule has 0 aromatic carbocycles. The fourth-order valence-electron chi connectivity index (χ4n) is 1.10. The van der Waals surface area contributed by atoms with Crippen molar-refractivity contribution in [3.63, 3.8) is 0 Å². The molecule has 1 aliphatic heterocycles. The third-order valence-corrected chi connectivity index (χ3v) is 2.54. The van der Waals surface area contributed by atoms with Gasteiger partial charge in [-0.05, 0) is 0 Å². The number of hydrogen-bond acceptors (Lipinski definition) is 6. The highest BCUT2D eigenvalue weighted by atomic mass is 32.1. The molecule has 0 bridgehead atoms. The topological polar surface area (TPSA) is 76.6 Å². The Hall–Kier alpha value is -1.76. The molecule has 2 rings (SSSR count). The molecule has 2 heterocycles. The van der Waals surface area contributed by atoms with Gasteiger partial charge >= 0.3 is 5.97 Å². The predicted molar refractivity (Wildman–Crippen MR) is 48.6 cm³/mol. The van der Waals surface area contributed by atoms with Crippen LogP contribution in [-0.4, -0.2) is 27.8 Å². The minimum absolute atomic E-state index is 0.0873. The largest absolute Gasteiger partial charge is 0.392 e. The third-order valence-electron chi connectivity index (χ3n) is 1.79. The van der Waals surface area contributed by atoms with Crippen molar-refractivity contribution in [2.24, 2.45) is 0 Å². The van der Waals surface area contributed by atoms with Crippen LogP contribution < -0.4 is 0 Å². The van der Waals surface area contributed by atoms with Crippen molar-refractivity contribution < 1.29 is 19.2 Å². The highest BCUT2D eigenvalue weighted by Gasteiger charge is 2.33. The molecule has 0 aliphatic carbocycles. The molecule has 0 saturated carbocycles. The molecule has 1 aliphatic rings. The van der Waals surface area contributed by atoms with E-state index in [1.54, 1.807) is 5.38 Å². The fraction of sp³-hybridized carbons (Fsp3) is 0.250. The van der Waals surface area contributed by atoms with Crippen LogP contribution in [0.4, 0.5) is 0 Å². The first kappa shape index (κ1) is 9.78. The van der Waals surface area contributed by atoms with Crippen molar-refractivity contribution in [3.05, 3.63) is 16.6 Å². The maximum Gasteiger partial charge on any atom is 0.392 e. The lowest BCUT2D eigenvalue weighted by molar-refractivity contribution is -0.172. The number of imide groups is 1. The Kier molecular flexibility index (Phi) is 2.46. The van der Waals surface area contributed by atoms with E-state index in [0.717, 1.165) is 11.3 Å². The van der Waals surface area contributed by atoms with Gasteiger partial charge in [-0.3, -0.25) is 9.59 Å². The number of hydroxylamine groups is 2. The number of aromatic nitrogens is 1. The van der Waals surface area contributed by atoms with Crippen LogP contribution in [-0.2, 0) is 14.4 Å². The number of nitrogens with zero attached hydrogens (tertiary/aromatic N) is 2. The average molecular weight is 226 g/mol. The summed E-state index contributed by atoms with van der Waals surface area (Å²) < 4.78 is 0. The van der Waals surface area contributed by atoms with E-state index in [9.17, 15) is 14.4 Å². The van der Waals surface area contributed by atoms with Gasteiger partial charge in [0, 0.05) is 24.4 Å². The summed E-state index contributed by atoms with van der Waals surface area (Å²) in [5.41, 5.74) is 0. The maximum atomic E-state index is 11.3. The normalized spacial score (nSPS) is 15.9. The summed E-state index contributed by atoms with van der Waals surface area (Å²) in [5, 5.41) is 2.22. The predicted octanol–water partition coefficient (Wildman–Crippen LogP) is 0.364. The lowest BCUT2D eigenvalue weighted by atomic mass is 10.4. The molecule has 1 aromatic heterocycles. The Morgan fingerprint density at radius 1 is 1.40 bits per heavy atom. The molecule has 1 saturated heterocycles. The molecular weight excluding hydrogens is 220 g/mol. The van der Waals surface area contributed by atoms with Gasteiger partial charge in [0.2, 0.25) is 5.01 Å². The van der Waals surface area contributed by atoms with E-state index in [4.69, 9.17) is 0 Å². The molecule has 78 valence electrons. The molecule has 6 nitrogen and oxygen atoms in total. The van der Waals surface area contributed by atoms with E-state index >= 15 is 0 Å². The second-order valence-electron chi connectivity index (χ2n) is 2.80. The SMILES string of the molecule is O=C(ON1C(=O)CCC1=O)c1nccs1. The zero-order chi connectivity index (χ0) is 10.8. The van der Waals surface area contributed by atoms with E-state index in [2.05, 4.69) is 9.82 Å². The second kappa shape index (κ2) is 3.77. The minimum Gasteiger partial charge on any atom is -0.322 e. The van der Waals surface area contributed by atoms with E-state index < -0.39 is 17.8 Å². The third kappa shape index (κ3) is 1.86. The number of thiazole rings is 1. The summed E-state index contributed by atoms with van der Waals surface area (Å²) in [7, 11) is 0. The van der Waals surface area contributed by atoms with Crippen molar-refractivity contribution in [1.29, 1.82) is 0 Å². The monoisotopic (exact) mass is 226 g/mol. The number of carbonyl (C=O) groups excluding carboxylic acids is 3. The molecular formula is C8H6N2O4S. The van der Waals surface area contributed by atoms with Crippen LogP contribution in [0.3, 0.4) is 0 Å². The van der Waals surface area contributed by atoms with Crippen LogP contribution in [0, 0.1) is 0 Å². The summed E-state index contributed by atoms with van der Waals surface area (Å²) >= 11 is 1.08. The average Bonchev–Trinajstić information content (AvgIpc) is 2.82. The highest BCUT2D eigenvalue weighted by Crippen LogP contribution is 2.14. The number of carbonyl (C=O) groups is 3. The summed E-state index contributed by atoms with van der Waals surface area (Å²) in [6.45, 7) is 0. The first-order chi connectivity index (χ1) is 7.18.